The van der Waals surface area contributed by atoms with E-state index in [0.29, 0.717) is 22.5 Å². The number of aromatic nitrogens is 4. The van der Waals surface area contributed by atoms with Gasteiger partial charge in [-0.25, -0.2) is 9.37 Å². The van der Waals surface area contributed by atoms with Crippen LogP contribution in [0.15, 0.2) is 42.5 Å². The van der Waals surface area contributed by atoms with Crippen LogP contribution in [0.25, 0.3) is 22.2 Å². The molecule has 0 aliphatic carbocycles. The second-order valence-corrected chi connectivity index (χ2v) is 5.50. The van der Waals surface area contributed by atoms with E-state index in [1.54, 1.807) is 23.6 Å². The molecule has 0 fully saturated rings. The molecule has 0 saturated heterocycles. The van der Waals surface area contributed by atoms with E-state index >= 15 is 0 Å². The number of aromatic hydroxyl groups is 1. The summed E-state index contributed by atoms with van der Waals surface area (Å²) >= 11 is 0. The Morgan fingerprint density at radius 1 is 1.12 bits per heavy atom. The maximum atomic E-state index is 13.8. The maximum Gasteiger partial charge on any atom is 0.361 e. The smallest absolute Gasteiger partial charge is 0.361 e. The van der Waals surface area contributed by atoms with Gasteiger partial charge < -0.3 is 10.6 Å². The van der Waals surface area contributed by atoms with Gasteiger partial charge in [0.05, 0.1) is 5.69 Å². The molecule has 0 bridgehead atoms. The van der Waals surface area contributed by atoms with Crippen molar-refractivity contribution < 1.29 is 19.5 Å². The molecule has 6 nitrogen and oxygen atoms in total. The van der Waals surface area contributed by atoms with Gasteiger partial charge in [-0.1, -0.05) is 27.4 Å². The van der Waals surface area contributed by atoms with E-state index < -0.39 is 0 Å². The molecule has 4 aromatic rings. The molecule has 0 spiro atoms. The molecule has 2 N–H and O–H groups in total. The number of hydrogen-bond acceptors (Lipinski definition) is 4. The average Bonchev–Trinajstić information content (AvgIpc) is 2.89. The molecule has 7 heteroatoms. The number of benzene rings is 2. The molecule has 2 aromatic heterocycles. The Morgan fingerprint density at radius 2 is 1.88 bits per heavy atom. The van der Waals surface area contributed by atoms with Gasteiger partial charge in [0.25, 0.3) is 5.52 Å². The van der Waals surface area contributed by atoms with Crippen molar-refractivity contribution in [1.29, 1.82) is 0 Å². The Balaban J connectivity index is 0.00000169. The highest BCUT2D eigenvalue weighted by molar-refractivity contribution is 5.74. The molecule has 122 valence electrons. The Bertz CT molecular complexity index is 1080. The van der Waals surface area contributed by atoms with Crippen molar-refractivity contribution >= 4 is 16.6 Å². The van der Waals surface area contributed by atoms with Gasteiger partial charge in [-0.2, -0.15) is 0 Å². The summed E-state index contributed by atoms with van der Waals surface area (Å²) in [6.45, 7) is 3.50. The highest BCUT2D eigenvalue weighted by atomic mass is 19.1. The summed E-state index contributed by atoms with van der Waals surface area (Å²) in [6, 6.07) is 12.3. The maximum absolute atomic E-state index is 13.8. The SMILES string of the molecule is Cc1ccc(-n2n[n+]3c(c(C)nc4ccccc43)c2O)cc1F.[OH-]. The minimum absolute atomic E-state index is 0. The second-order valence-electron chi connectivity index (χ2n) is 5.50. The first-order chi connectivity index (χ1) is 11.1. The summed E-state index contributed by atoms with van der Waals surface area (Å²) in [5.74, 6) is -0.407. The third-order valence-corrected chi connectivity index (χ3v) is 3.94. The number of fused-ring (bicyclic) bond motifs is 3. The average molecular weight is 326 g/mol. The predicted octanol–water partition coefficient (Wildman–Crippen LogP) is 2.44. The topological polar surface area (TPSA) is 85.0 Å². The van der Waals surface area contributed by atoms with Crippen LogP contribution in [0.3, 0.4) is 0 Å². The number of aryl methyl sites for hydroxylation is 2. The molecule has 2 aromatic carbocycles. The third-order valence-electron chi connectivity index (χ3n) is 3.94. The van der Waals surface area contributed by atoms with Gasteiger partial charge in [-0.15, -0.1) is 0 Å². The van der Waals surface area contributed by atoms with Gasteiger partial charge in [0.1, 0.15) is 16.5 Å². The zero-order chi connectivity index (χ0) is 16.1. The van der Waals surface area contributed by atoms with Crippen LogP contribution in [0, 0.1) is 19.7 Å². The molecular weight excluding hydrogens is 311 g/mol. The van der Waals surface area contributed by atoms with E-state index in [9.17, 15) is 9.50 Å². The Kier molecular flexibility index (Phi) is 3.65. The Labute approximate surface area is 136 Å². The lowest BCUT2D eigenvalue weighted by molar-refractivity contribution is -0.556. The minimum atomic E-state index is -0.342. The fourth-order valence-electron chi connectivity index (χ4n) is 2.71. The summed E-state index contributed by atoms with van der Waals surface area (Å²) in [5, 5.41) is 15.0. The Morgan fingerprint density at radius 3 is 2.62 bits per heavy atom. The highest BCUT2D eigenvalue weighted by Crippen LogP contribution is 2.24. The molecule has 0 atom stereocenters. The number of rotatable bonds is 1. The standard InChI is InChI=1S/C17H13FN4O.H2O/c1-10-7-8-12(9-13(10)18)21-17(23)16-11(2)19-14-5-3-4-6-15(14)22(16)20-21;/h3-9H,1-2H3;1H2. The molecule has 4 rings (SSSR count). The highest BCUT2D eigenvalue weighted by Gasteiger charge is 2.26. The van der Waals surface area contributed by atoms with Crippen LogP contribution >= 0.6 is 0 Å². The summed E-state index contributed by atoms with van der Waals surface area (Å²) in [4.78, 5) is 4.50. The monoisotopic (exact) mass is 326 g/mol. The summed E-state index contributed by atoms with van der Waals surface area (Å²) in [7, 11) is 0. The first-order valence-electron chi connectivity index (χ1n) is 7.22. The molecule has 0 aliphatic heterocycles. The van der Waals surface area contributed by atoms with Crippen LogP contribution in [-0.2, 0) is 0 Å². The van der Waals surface area contributed by atoms with Crippen molar-refractivity contribution in [3.63, 3.8) is 0 Å². The van der Waals surface area contributed by atoms with Gasteiger partial charge >= 0.3 is 5.88 Å². The van der Waals surface area contributed by atoms with Crippen LogP contribution in [0.5, 0.6) is 5.88 Å². The van der Waals surface area contributed by atoms with Gasteiger partial charge in [-0.3, -0.25) is 0 Å². The zero-order valence-corrected chi connectivity index (χ0v) is 13.1. The molecule has 2 heterocycles. The van der Waals surface area contributed by atoms with Crippen molar-refractivity contribution in [3.05, 3.63) is 59.5 Å². The van der Waals surface area contributed by atoms with E-state index in [1.807, 2.05) is 31.2 Å². The van der Waals surface area contributed by atoms with Crippen LogP contribution in [0.4, 0.5) is 4.39 Å². The largest absolute Gasteiger partial charge is 0.870 e. The van der Waals surface area contributed by atoms with Gasteiger partial charge in [0.15, 0.2) is 11.2 Å². The van der Waals surface area contributed by atoms with E-state index in [-0.39, 0.29) is 17.2 Å². The quantitative estimate of drug-likeness (QED) is 0.544. The van der Waals surface area contributed by atoms with Crippen LogP contribution < -0.4 is 4.52 Å². The predicted molar refractivity (Wildman–Crippen MR) is 85.1 cm³/mol. The lowest BCUT2D eigenvalue weighted by Crippen LogP contribution is -2.27. The lowest BCUT2D eigenvalue weighted by atomic mass is 10.2. The number of hydrogen-bond donors (Lipinski definition) is 1. The van der Waals surface area contributed by atoms with E-state index in [4.69, 9.17) is 0 Å². The lowest BCUT2D eigenvalue weighted by Gasteiger charge is -1.97. The van der Waals surface area contributed by atoms with Crippen molar-refractivity contribution in [2.75, 3.05) is 0 Å². The first-order valence-corrected chi connectivity index (χ1v) is 7.22. The minimum Gasteiger partial charge on any atom is -0.870 e. The molecule has 0 unspecified atom stereocenters. The molecule has 0 radical (unpaired) electrons. The molecular formula is C17H15FN4O2. The molecule has 0 aliphatic rings. The number of para-hydroxylation sites is 2. The third kappa shape index (κ3) is 2.17. The fourth-order valence-corrected chi connectivity index (χ4v) is 2.71. The summed E-state index contributed by atoms with van der Waals surface area (Å²) < 4.78 is 16.8. The molecule has 0 amide bonds. The van der Waals surface area contributed by atoms with E-state index in [0.717, 1.165) is 11.0 Å². The van der Waals surface area contributed by atoms with Gasteiger partial charge in [-0.05, 0) is 37.6 Å². The van der Waals surface area contributed by atoms with Crippen molar-refractivity contribution in [2.24, 2.45) is 0 Å². The Hall–Kier alpha value is -3.06. The van der Waals surface area contributed by atoms with Gasteiger partial charge in [0, 0.05) is 6.07 Å². The molecule has 0 saturated carbocycles. The fraction of sp³-hybridized carbons (Fsp3) is 0.118. The van der Waals surface area contributed by atoms with Crippen molar-refractivity contribution in [1.82, 2.24) is 14.9 Å². The van der Waals surface area contributed by atoms with Crippen molar-refractivity contribution in [3.8, 4) is 11.6 Å². The van der Waals surface area contributed by atoms with Crippen LogP contribution in [0.1, 0.15) is 11.3 Å². The van der Waals surface area contributed by atoms with Crippen LogP contribution in [0.2, 0.25) is 0 Å². The van der Waals surface area contributed by atoms with Gasteiger partial charge in [0.2, 0.25) is 0 Å². The number of nitrogens with zero attached hydrogens (tertiary/aromatic N) is 4. The normalized spacial score (nSPS) is 11.0. The van der Waals surface area contributed by atoms with E-state index in [1.165, 1.54) is 10.7 Å². The number of halogens is 1. The summed E-state index contributed by atoms with van der Waals surface area (Å²) in [6.07, 6.45) is 0. The first kappa shape index (κ1) is 15.8. The second kappa shape index (κ2) is 5.54. The zero-order valence-electron chi connectivity index (χ0n) is 13.1. The summed E-state index contributed by atoms with van der Waals surface area (Å²) in [5.41, 5.74) is 3.71. The van der Waals surface area contributed by atoms with Crippen molar-refractivity contribution in [2.45, 2.75) is 13.8 Å². The van der Waals surface area contributed by atoms with E-state index in [2.05, 4.69) is 10.2 Å². The molecule has 24 heavy (non-hydrogen) atoms. The van der Waals surface area contributed by atoms with Crippen LogP contribution in [-0.4, -0.2) is 25.5 Å².